The Morgan fingerprint density at radius 3 is 2.55 bits per heavy atom. The van der Waals surface area contributed by atoms with E-state index >= 15 is 0 Å². The molecule has 0 bridgehead atoms. The second kappa shape index (κ2) is 3.05. The summed E-state index contributed by atoms with van der Waals surface area (Å²) in [5.74, 6) is -1.75. The molecule has 0 aliphatic heterocycles. The van der Waals surface area contributed by atoms with Gasteiger partial charge in [-0.3, -0.25) is 0 Å². The highest BCUT2D eigenvalue weighted by atomic mass is 16.7. The number of aliphatic hydroxyl groups is 1. The van der Waals surface area contributed by atoms with Gasteiger partial charge in [0, 0.05) is 18.9 Å². The predicted molar refractivity (Wildman–Crippen MR) is 39.7 cm³/mol. The third-order valence-corrected chi connectivity index (χ3v) is 1.84. The van der Waals surface area contributed by atoms with E-state index in [1.165, 1.54) is 0 Å². The van der Waals surface area contributed by atoms with Gasteiger partial charge in [0.15, 0.2) is 0 Å². The number of carbonyl (C=O) groups excluding carboxylic acids is 1. The van der Waals surface area contributed by atoms with Crippen molar-refractivity contribution in [2.75, 3.05) is 0 Å². The summed E-state index contributed by atoms with van der Waals surface area (Å²) < 4.78 is 4.75. The smallest absolute Gasteiger partial charge is 0.332 e. The van der Waals surface area contributed by atoms with Crippen molar-refractivity contribution in [3.05, 3.63) is 12.7 Å². The Kier molecular flexibility index (Phi) is 2.29. The van der Waals surface area contributed by atoms with Gasteiger partial charge in [-0.05, 0) is 12.8 Å². The Morgan fingerprint density at radius 2 is 2.09 bits per heavy atom. The van der Waals surface area contributed by atoms with E-state index in [1.54, 1.807) is 0 Å². The molecule has 1 aliphatic carbocycles. The number of ether oxygens (including phenoxy) is 1. The van der Waals surface area contributed by atoms with Crippen LogP contribution in [0.2, 0.25) is 0 Å². The first-order valence-electron chi connectivity index (χ1n) is 3.74. The molecule has 1 N–H and O–H groups in total. The molecule has 1 fully saturated rings. The number of carbonyl (C=O) groups is 1. The van der Waals surface area contributed by atoms with Gasteiger partial charge in [0.1, 0.15) is 0 Å². The summed E-state index contributed by atoms with van der Waals surface area (Å²) in [6, 6.07) is 0. The predicted octanol–water partition coefficient (Wildman–Crippen LogP) is 0.978. The van der Waals surface area contributed by atoms with Gasteiger partial charge in [0.25, 0.3) is 0 Å². The quantitative estimate of drug-likeness (QED) is 0.368. The van der Waals surface area contributed by atoms with Crippen LogP contribution in [0.15, 0.2) is 12.7 Å². The monoisotopic (exact) mass is 156 g/mol. The Hall–Kier alpha value is -0.830. The summed E-state index contributed by atoms with van der Waals surface area (Å²) in [5, 5.41) is 9.50. The second-order valence-corrected chi connectivity index (χ2v) is 2.78. The SMILES string of the molecule is C=CC(=O)OC1(O)CCCC1. The van der Waals surface area contributed by atoms with Crippen molar-refractivity contribution in [1.82, 2.24) is 0 Å². The van der Waals surface area contributed by atoms with E-state index in [9.17, 15) is 9.90 Å². The molecule has 0 heterocycles. The van der Waals surface area contributed by atoms with E-state index < -0.39 is 11.8 Å². The standard InChI is InChI=1S/C8H12O3/c1-2-7(9)11-8(10)5-3-4-6-8/h2,10H,1,3-6H2. The molecule has 0 aromatic heterocycles. The summed E-state index contributed by atoms with van der Waals surface area (Å²) in [6.45, 7) is 3.25. The van der Waals surface area contributed by atoms with E-state index in [0.717, 1.165) is 18.9 Å². The van der Waals surface area contributed by atoms with E-state index in [0.29, 0.717) is 12.8 Å². The molecule has 0 aromatic carbocycles. The summed E-state index contributed by atoms with van der Waals surface area (Å²) >= 11 is 0. The fourth-order valence-electron chi connectivity index (χ4n) is 1.26. The lowest BCUT2D eigenvalue weighted by molar-refractivity contribution is -0.200. The molecule has 0 amide bonds. The van der Waals surface area contributed by atoms with Gasteiger partial charge in [0.2, 0.25) is 5.79 Å². The second-order valence-electron chi connectivity index (χ2n) is 2.78. The molecule has 1 aliphatic rings. The maximum absolute atomic E-state index is 10.7. The summed E-state index contributed by atoms with van der Waals surface area (Å²) in [7, 11) is 0. The minimum Gasteiger partial charge on any atom is -0.430 e. The fraction of sp³-hybridized carbons (Fsp3) is 0.625. The highest BCUT2D eigenvalue weighted by Gasteiger charge is 2.34. The van der Waals surface area contributed by atoms with Crippen molar-refractivity contribution >= 4 is 5.97 Å². The van der Waals surface area contributed by atoms with Crippen molar-refractivity contribution in [3.63, 3.8) is 0 Å². The molecular weight excluding hydrogens is 144 g/mol. The molecule has 3 heteroatoms. The molecule has 0 unspecified atom stereocenters. The van der Waals surface area contributed by atoms with E-state index in [-0.39, 0.29) is 0 Å². The van der Waals surface area contributed by atoms with Gasteiger partial charge in [-0.1, -0.05) is 6.58 Å². The molecule has 11 heavy (non-hydrogen) atoms. The van der Waals surface area contributed by atoms with Gasteiger partial charge in [0.05, 0.1) is 0 Å². The molecular formula is C8H12O3. The zero-order chi connectivity index (χ0) is 8.32. The zero-order valence-corrected chi connectivity index (χ0v) is 6.38. The van der Waals surface area contributed by atoms with Crippen LogP contribution in [0.1, 0.15) is 25.7 Å². The van der Waals surface area contributed by atoms with Crippen molar-refractivity contribution in [3.8, 4) is 0 Å². The molecule has 0 atom stereocenters. The average molecular weight is 156 g/mol. The van der Waals surface area contributed by atoms with Crippen molar-refractivity contribution in [2.24, 2.45) is 0 Å². The van der Waals surface area contributed by atoms with Gasteiger partial charge >= 0.3 is 5.97 Å². The number of hydrogen-bond donors (Lipinski definition) is 1. The lowest BCUT2D eigenvalue weighted by Crippen LogP contribution is -2.30. The lowest BCUT2D eigenvalue weighted by Gasteiger charge is -2.20. The Bertz CT molecular complexity index is 168. The first-order valence-corrected chi connectivity index (χ1v) is 3.74. The van der Waals surface area contributed by atoms with E-state index in [1.807, 2.05) is 0 Å². The van der Waals surface area contributed by atoms with E-state index in [4.69, 9.17) is 4.74 Å². The molecule has 1 saturated carbocycles. The van der Waals surface area contributed by atoms with Crippen LogP contribution in [0.5, 0.6) is 0 Å². The topological polar surface area (TPSA) is 46.5 Å². The van der Waals surface area contributed by atoms with Crippen LogP contribution >= 0.6 is 0 Å². The fourth-order valence-corrected chi connectivity index (χ4v) is 1.26. The molecule has 0 radical (unpaired) electrons. The summed E-state index contributed by atoms with van der Waals surface area (Å²) in [6.07, 6.45) is 4.00. The van der Waals surface area contributed by atoms with Crippen molar-refractivity contribution < 1.29 is 14.6 Å². The molecule has 0 aromatic rings. The van der Waals surface area contributed by atoms with Gasteiger partial charge in [-0.2, -0.15) is 0 Å². The average Bonchev–Trinajstić information content (AvgIpc) is 2.36. The van der Waals surface area contributed by atoms with Crippen LogP contribution in [0.25, 0.3) is 0 Å². The number of esters is 1. The third kappa shape index (κ3) is 2.05. The van der Waals surface area contributed by atoms with Gasteiger partial charge in [-0.15, -0.1) is 0 Å². The maximum atomic E-state index is 10.7. The first-order chi connectivity index (χ1) is 5.16. The Morgan fingerprint density at radius 1 is 1.55 bits per heavy atom. The van der Waals surface area contributed by atoms with E-state index in [2.05, 4.69) is 6.58 Å². The van der Waals surface area contributed by atoms with Crippen LogP contribution in [-0.4, -0.2) is 16.9 Å². The number of rotatable bonds is 2. The Labute approximate surface area is 65.7 Å². The molecule has 0 spiro atoms. The van der Waals surface area contributed by atoms with Crippen LogP contribution < -0.4 is 0 Å². The summed E-state index contributed by atoms with van der Waals surface area (Å²) in [4.78, 5) is 10.7. The lowest BCUT2D eigenvalue weighted by atomic mass is 10.2. The highest BCUT2D eigenvalue weighted by Crippen LogP contribution is 2.30. The third-order valence-electron chi connectivity index (χ3n) is 1.84. The van der Waals surface area contributed by atoms with Gasteiger partial charge in [-0.25, -0.2) is 4.79 Å². The van der Waals surface area contributed by atoms with Gasteiger partial charge < -0.3 is 9.84 Å². The number of hydrogen-bond acceptors (Lipinski definition) is 3. The minimum absolute atomic E-state index is 0.547. The minimum atomic E-state index is -1.20. The van der Waals surface area contributed by atoms with Crippen molar-refractivity contribution in [2.45, 2.75) is 31.5 Å². The van der Waals surface area contributed by atoms with Crippen LogP contribution in [-0.2, 0) is 9.53 Å². The molecule has 3 nitrogen and oxygen atoms in total. The molecule has 62 valence electrons. The largest absolute Gasteiger partial charge is 0.430 e. The van der Waals surface area contributed by atoms with Crippen LogP contribution in [0.3, 0.4) is 0 Å². The van der Waals surface area contributed by atoms with Crippen LogP contribution in [0.4, 0.5) is 0 Å². The first kappa shape index (κ1) is 8.27. The van der Waals surface area contributed by atoms with Crippen molar-refractivity contribution in [1.29, 1.82) is 0 Å². The molecule has 0 saturated heterocycles. The normalized spacial score (nSPS) is 21.2. The highest BCUT2D eigenvalue weighted by molar-refractivity contribution is 5.81. The summed E-state index contributed by atoms with van der Waals surface area (Å²) in [5.41, 5.74) is 0. The zero-order valence-electron chi connectivity index (χ0n) is 6.38. The maximum Gasteiger partial charge on any atom is 0.332 e. The Balaban J connectivity index is 2.45. The molecule has 1 rings (SSSR count). The van der Waals surface area contributed by atoms with Crippen LogP contribution in [0, 0.1) is 0 Å².